The first-order valence-corrected chi connectivity index (χ1v) is 8.46. The average Bonchev–Trinajstić information content (AvgIpc) is 3.10. The van der Waals surface area contributed by atoms with E-state index in [2.05, 4.69) is 10.2 Å². The molecule has 0 radical (unpaired) electrons. The maximum Gasteiger partial charge on any atom is 0.263 e. The highest BCUT2D eigenvalue weighted by molar-refractivity contribution is 7.19. The number of carbonyl (C=O) groups excluding carboxylic acids is 1. The lowest BCUT2D eigenvalue weighted by Gasteiger charge is -2.18. The Labute approximate surface area is 129 Å². The monoisotopic (exact) mass is 309 g/mol. The number of nitrogens with one attached hydrogen (secondary N) is 1. The SMILES string of the molecule is CCNC(=O)c1sc(N2CC3CCCC3C2)c(OC)c1N. The molecule has 21 heavy (non-hydrogen) atoms. The number of hydrogen-bond acceptors (Lipinski definition) is 5. The van der Waals surface area contributed by atoms with Crippen LogP contribution in [0.3, 0.4) is 0 Å². The van der Waals surface area contributed by atoms with Gasteiger partial charge in [-0.05, 0) is 31.6 Å². The lowest BCUT2D eigenvalue weighted by atomic mass is 10.0. The molecular weight excluding hydrogens is 286 g/mol. The number of methoxy groups -OCH3 is 1. The molecule has 2 aliphatic rings. The number of hydrogen-bond donors (Lipinski definition) is 2. The molecule has 0 aromatic carbocycles. The number of anilines is 2. The highest BCUT2D eigenvalue weighted by atomic mass is 32.1. The second-order valence-electron chi connectivity index (χ2n) is 5.90. The van der Waals surface area contributed by atoms with Gasteiger partial charge in [-0.3, -0.25) is 4.79 Å². The van der Waals surface area contributed by atoms with Crippen molar-refractivity contribution in [2.24, 2.45) is 11.8 Å². The number of nitrogens with zero attached hydrogens (tertiary/aromatic N) is 1. The first-order valence-electron chi connectivity index (χ1n) is 7.65. The van der Waals surface area contributed by atoms with Crippen LogP contribution in [0, 0.1) is 11.8 Å². The number of ether oxygens (including phenoxy) is 1. The zero-order chi connectivity index (χ0) is 15.0. The number of fused-ring (bicyclic) bond motifs is 1. The van der Waals surface area contributed by atoms with Crippen LogP contribution in [0.2, 0.25) is 0 Å². The highest BCUT2D eigenvalue weighted by Gasteiger charge is 2.38. The molecule has 0 bridgehead atoms. The van der Waals surface area contributed by atoms with Crippen molar-refractivity contribution in [3.8, 4) is 5.75 Å². The Hall–Kier alpha value is -1.43. The quantitative estimate of drug-likeness (QED) is 0.896. The Morgan fingerprint density at radius 1 is 1.43 bits per heavy atom. The number of thiophene rings is 1. The molecule has 1 aliphatic carbocycles. The van der Waals surface area contributed by atoms with E-state index in [1.54, 1.807) is 7.11 Å². The van der Waals surface area contributed by atoms with E-state index >= 15 is 0 Å². The molecule has 2 unspecified atom stereocenters. The Balaban J connectivity index is 1.88. The minimum absolute atomic E-state index is 0.107. The van der Waals surface area contributed by atoms with Crippen LogP contribution < -0.4 is 20.7 Å². The molecule has 5 nitrogen and oxygen atoms in total. The topological polar surface area (TPSA) is 67.6 Å². The highest BCUT2D eigenvalue weighted by Crippen LogP contribution is 2.48. The molecule has 1 saturated carbocycles. The van der Waals surface area contributed by atoms with Crippen LogP contribution in [-0.2, 0) is 0 Å². The van der Waals surface area contributed by atoms with Gasteiger partial charge in [0.1, 0.15) is 15.6 Å². The number of amides is 1. The predicted octanol–water partition coefficient (Wildman–Crippen LogP) is 2.32. The van der Waals surface area contributed by atoms with Crippen molar-refractivity contribution in [1.82, 2.24) is 5.32 Å². The molecule has 6 heteroatoms. The summed E-state index contributed by atoms with van der Waals surface area (Å²) in [5.74, 6) is 2.15. The zero-order valence-corrected chi connectivity index (χ0v) is 13.5. The fourth-order valence-electron chi connectivity index (χ4n) is 3.63. The molecule has 3 N–H and O–H groups in total. The molecule has 0 spiro atoms. The molecule has 1 aliphatic heterocycles. The molecule has 3 rings (SSSR count). The van der Waals surface area contributed by atoms with Crippen molar-refractivity contribution in [1.29, 1.82) is 0 Å². The minimum Gasteiger partial charge on any atom is -0.492 e. The number of nitrogens with two attached hydrogens (primary N) is 1. The summed E-state index contributed by atoms with van der Waals surface area (Å²) in [6.07, 6.45) is 4.01. The number of rotatable bonds is 4. The van der Waals surface area contributed by atoms with E-state index in [1.165, 1.54) is 30.6 Å². The summed E-state index contributed by atoms with van der Waals surface area (Å²) >= 11 is 1.46. The van der Waals surface area contributed by atoms with Crippen LogP contribution in [0.25, 0.3) is 0 Å². The van der Waals surface area contributed by atoms with Crippen molar-refractivity contribution in [3.63, 3.8) is 0 Å². The molecule has 2 heterocycles. The van der Waals surface area contributed by atoms with Gasteiger partial charge < -0.3 is 20.7 Å². The number of carbonyl (C=O) groups is 1. The van der Waals surface area contributed by atoms with E-state index in [0.29, 0.717) is 22.9 Å². The first kappa shape index (κ1) is 14.5. The zero-order valence-electron chi connectivity index (χ0n) is 12.6. The Bertz CT molecular complexity index is 531. The van der Waals surface area contributed by atoms with Crippen LogP contribution in [0.1, 0.15) is 35.9 Å². The summed E-state index contributed by atoms with van der Waals surface area (Å²) in [5, 5.41) is 3.83. The van der Waals surface area contributed by atoms with Crippen molar-refractivity contribution in [3.05, 3.63) is 4.88 Å². The molecule has 1 aromatic heterocycles. The third-order valence-electron chi connectivity index (χ3n) is 4.64. The summed E-state index contributed by atoms with van der Waals surface area (Å²) in [6.45, 7) is 4.63. The van der Waals surface area contributed by atoms with Gasteiger partial charge in [0.25, 0.3) is 5.91 Å². The van der Waals surface area contributed by atoms with Gasteiger partial charge in [0.05, 0.1) is 7.11 Å². The van der Waals surface area contributed by atoms with E-state index in [0.717, 1.165) is 29.9 Å². The maximum absolute atomic E-state index is 12.1. The second kappa shape index (κ2) is 5.75. The van der Waals surface area contributed by atoms with Gasteiger partial charge >= 0.3 is 0 Å². The Morgan fingerprint density at radius 2 is 2.10 bits per heavy atom. The van der Waals surface area contributed by atoms with Crippen molar-refractivity contribution >= 4 is 27.9 Å². The molecule has 1 saturated heterocycles. The lowest BCUT2D eigenvalue weighted by molar-refractivity contribution is 0.0960. The molecule has 2 atom stereocenters. The van der Waals surface area contributed by atoms with Crippen LogP contribution in [0.15, 0.2) is 0 Å². The smallest absolute Gasteiger partial charge is 0.263 e. The third kappa shape index (κ3) is 2.46. The second-order valence-corrected chi connectivity index (χ2v) is 6.90. The van der Waals surface area contributed by atoms with E-state index in [9.17, 15) is 4.79 Å². The Morgan fingerprint density at radius 3 is 2.67 bits per heavy atom. The van der Waals surface area contributed by atoms with Gasteiger partial charge in [-0.25, -0.2) is 0 Å². The van der Waals surface area contributed by atoms with E-state index in [1.807, 2.05) is 6.92 Å². The van der Waals surface area contributed by atoms with Gasteiger partial charge in [0, 0.05) is 19.6 Å². The molecule has 1 aromatic rings. The van der Waals surface area contributed by atoms with Gasteiger partial charge in [0.15, 0.2) is 5.75 Å². The summed E-state index contributed by atoms with van der Waals surface area (Å²) in [4.78, 5) is 15.0. The van der Waals surface area contributed by atoms with Gasteiger partial charge in [-0.2, -0.15) is 0 Å². The third-order valence-corrected chi connectivity index (χ3v) is 5.89. The largest absolute Gasteiger partial charge is 0.492 e. The van der Waals surface area contributed by atoms with E-state index in [-0.39, 0.29) is 5.91 Å². The fraction of sp³-hybridized carbons (Fsp3) is 0.667. The summed E-state index contributed by atoms with van der Waals surface area (Å²) in [6, 6.07) is 0. The molecule has 2 fully saturated rings. The maximum atomic E-state index is 12.1. The van der Waals surface area contributed by atoms with Crippen LogP contribution in [0.4, 0.5) is 10.7 Å². The fourth-order valence-corrected chi connectivity index (χ4v) is 4.76. The Kier molecular flexibility index (Phi) is 3.97. The average molecular weight is 309 g/mol. The lowest BCUT2D eigenvalue weighted by Crippen LogP contribution is -2.22. The summed E-state index contributed by atoms with van der Waals surface area (Å²) in [5.41, 5.74) is 6.60. The van der Waals surface area contributed by atoms with E-state index < -0.39 is 0 Å². The van der Waals surface area contributed by atoms with Gasteiger partial charge in [0.2, 0.25) is 0 Å². The van der Waals surface area contributed by atoms with E-state index in [4.69, 9.17) is 10.5 Å². The van der Waals surface area contributed by atoms with Gasteiger partial charge in [-0.1, -0.05) is 6.42 Å². The van der Waals surface area contributed by atoms with Crippen LogP contribution >= 0.6 is 11.3 Å². The van der Waals surface area contributed by atoms with Crippen molar-refractivity contribution < 1.29 is 9.53 Å². The normalized spacial score (nSPS) is 24.2. The number of nitrogen functional groups attached to an aromatic ring is 1. The standard InChI is InChI=1S/C15H23N3O2S/c1-3-17-14(19)13-11(16)12(20-2)15(21-13)18-7-9-5-4-6-10(9)8-18/h9-10H,3-8,16H2,1-2H3,(H,17,19). The van der Waals surface area contributed by atoms with Crippen molar-refractivity contribution in [2.75, 3.05) is 37.4 Å². The molecule has 116 valence electrons. The molecule has 1 amide bonds. The first-order chi connectivity index (χ1) is 10.2. The molecular formula is C15H23N3O2S. The minimum atomic E-state index is -0.107. The van der Waals surface area contributed by atoms with Crippen molar-refractivity contribution in [2.45, 2.75) is 26.2 Å². The predicted molar refractivity (Wildman–Crippen MR) is 86.3 cm³/mol. The summed E-state index contributed by atoms with van der Waals surface area (Å²) < 4.78 is 5.48. The summed E-state index contributed by atoms with van der Waals surface area (Å²) in [7, 11) is 1.63. The van der Waals surface area contributed by atoms with Gasteiger partial charge in [-0.15, -0.1) is 11.3 Å². The van der Waals surface area contributed by atoms with Crippen LogP contribution in [-0.4, -0.2) is 32.7 Å². The van der Waals surface area contributed by atoms with Crippen LogP contribution in [0.5, 0.6) is 5.75 Å².